The summed E-state index contributed by atoms with van der Waals surface area (Å²) in [5.41, 5.74) is 16.8. The van der Waals surface area contributed by atoms with Gasteiger partial charge in [0.1, 0.15) is 6.04 Å². The molecule has 0 aliphatic carbocycles. The van der Waals surface area contributed by atoms with Gasteiger partial charge < -0.3 is 34.9 Å². The molecule has 2 aliphatic heterocycles. The summed E-state index contributed by atoms with van der Waals surface area (Å²) >= 11 is 0. The van der Waals surface area contributed by atoms with E-state index >= 15 is 0 Å². The molecule has 2 aliphatic rings. The lowest BCUT2D eigenvalue weighted by atomic mass is 9.87. The van der Waals surface area contributed by atoms with E-state index in [1.165, 1.54) is 12.7 Å². The molecule has 3 aromatic carbocycles. The fourth-order valence-corrected chi connectivity index (χ4v) is 9.71. The van der Waals surface area contributed by atoms with Crippen molar-refractivity contribution in [2.24, 2.45) is 17.6 Å². The van der Waals surface area contributed by atoms with Crippen molar-refractivity contribution in [3.63, 3.8) is 0 Å². The molecule has 0 spiro atoms. The van der Waals surface area contributed by atoms with Crippen LogP contribution in [0.5, 0.6) is 0 Å². The molecule has 0 bridgehead atoms. The second-order valence-corrected chi connectivity index (χ2v) is 19.8. The molecule has 1 unspecified atom stereocenters. The predicted molar refractivity (Wildman–Crippen MR) is 266 cm³/mol. The number of hydrogen-bond donors (Lipinski definition) is 4. The molecule has 2 saturated heterocycles. The molecule has 362 valence electrons. The Morgan fingerprint density at radius 1 is 0.725 bits per heavy atom. The van der Waals surface area contributed by atoms with Crippen molar-refractivity contribution in [3.05, 3.63) is 114 Å². The Morgan fingerprint density at radius 3 is 1.64 bits per heavy atom. The van der Waals surface area contributed by atoms with E-state index in [1.54, 1.807) is 4.90 Å². The Labute approximate surface area is 404 Å². The van der Waals surface area contributed by atoms with Gasteiger partial charge in [-0.2, -0.15) is 10.2 Å². The number of aromatic nitrogens is 5. The van der Waals surface area contributed by atoms with Gasteiger partial charge in [0.2, 0.25) is 5.91 Å². The first-order valence-electron chi connectivity index (χ1n) is 24.1. The van der Waals surface area contributed by atoms with Gasteiger partial charge in [0, 0.05) is 35.8 Å². The fraction of sp³-hybridized carbons (Fsp3) is 0.407. The molecule has 5 N–H and O–H groups in total. The van der Waals surface area contributed by atoms with E-state index in [-0.39, 0.29) is 41.1 Å². The molecule has 15 nitrogen and oxygen atoms in total. The number of H-pyrrole nitrogens is 2. The first-order valence-corrected chi connectivity index (χ1v) is 24.1. The topological polar surface area (TPSA) is 194 Å². The van der Waals surface area contributed by atoms with Crippen molar-refractivity contribution >= 4 is 24.0 Å². The van der Waals surface area contributed by atoms with Crippen molar-refractivity contribution in [1.82, 2.24) is 40.1 Å². The van der Waals surface area contributed by atoms with Crippen molar-refractivity contribution in [1.29, 1.82) is 0 Å². The van der Waals surface area contributed by atoms with E-state index in [0.717, 1.165) is 87.8 Å². The minimum atomic E-state index is -0.952. The molecule has 3 aromatic heterocycles. The summed E-state index contributed by atoms with van der Waals surface area (Å²) in [6, 6.07) is 32.8. The van der Waals surface area contributed by atoms with Gasteiger partial charge in [-0.05, 0) is 96.5 Å². The smallest absolute Gasteiger partial charge is 0.407 e. The molecule has 8 rings (SSSR count). The average molecular weight is 936 g/mol. The SMILES string of the molecule is CCC(C)[C@H](OC(N)=O)C(=O)N1CCC[C@H]1c1cc(-c2ccc(-c3ccc(-c4ccc(-c5cc([C@@H]6CCCN6C(=O)[C@@H](NC(=O)OC)C(C)C)[nH]n5)cc4)n3-c3ccc(C(C)(C)C)cc3)cc2)n[nH]1. The van der Waals surface area contributed by atoms with Crippen molar-refractivity contribution in [2.75, 3.05) is 20.2 Å². The number of nitrogens with one attached hydrogen (secondary N) is 3. The maximum Gasteiger partial charge on any atom is 0.407 e. The van der Waals surface area contributed by atoms with Crippen molar-refractivity contribution in [3.8, 4) is 50.7 Å². The van der Waals surface area contributed by atoms with Crippen LogP contribution in [0, 0.1) is 11.8 Å². The molecular formula is C54H65N9O6. The summed E-state index contributed by atoms with van der Waals surface area (Å²) in [5.74, 6) is -0.663. The molecule has 15 heteroatoms. The first kappa shape index (κ1) is 48.3. The third kappa shape index (κ3) is 10.2. The van der Waals surface area contributed by atoms with Gasteiger partial charge in [0.25, 0.3) is 5.91 Å². The molecule has 0 radical (unpaired) electrons. The lowest BCUT2D eigenvalue weighted by Crippen LogP contribution is -2.51. The quantitative estimate of drug-likeness (QED) is 0.0829. The number of aromatic amines is 2. The molecule has 5 atom stereocenters. The fourth-order valence-electron chi connectivity index (χ4n) is 9.71. The number of rotatable bonds is 14. The van der Waals surface area contributed by atoms with Crippen LogP contribution in [0.4, 0.5) is 9.59 Å². The van der Waals surface area contributed by atoms with Gasteiger partial charge >= 0.3 is 12.2 Å². The molecule has 5 heterocycles. The minimum Gasteiger partial charge on any atom is -0.453 e. The van der Waals surface area contributed by atoms with E-state index in [4.69, 9.17) is 20.3 Å². The first-order chi connectivity index (χ1) is 33.1. The summed E-state index contributed by atoms with van der Waals surface area (Å²) in [5, 5.41) is 18.5. The lowest BCUT2D eigenvalue weighted by Gasteiger charge is -2.30. The van der Waals surface area contributed by atoms with E-state index in [9.17, 15) is 19.2 Å². The Balaban J connectivity index is 1.04. The van der Waals surface area contributed by atoms with Gasteiger partial charge in [-0.1, -0.05) is 109 Å². The van der Waals surface area contributed by atoms with Crippen LogP contribution in [0.1, 0.15) is 110 Å². The number of hydrogen-bond acceptors (Lipinski definition) is 8. The monoisotopic (exact) mass is 936 g/mol. The molecule has 69 heavy (non-hydrogen) atoms. The Hall–Kier alpha value is -7.16. The van der Waals surface area contributed by atoms with Crippen molar-refractivity contribution in [2.45, 2.75) is 110 Å². The van der Waals surface area contributed by atoms with E-state index < -0.39 is 24.3 Å². The standard InChI is InChI=1S/C54H65N9O6/c1-9-33(4)49(69-52(55)66)51(65)62-29-11-13-47(62)43-31-41(58-60-43)35-16-20-37(21-17-35)45-27-26-44(63(45)39-24-22-38(23-25-39)54(5,6)7)36-18-14-34(15-19-36)40-30-42(59-57-40)46-12-10-28-61(46)50(64)48(32(2)3)56-53(67)68-8/h14-27,30-33,46-49H,9-13,28-29H2,1-8H3,(H2,55,66)(H,56,67)(H,57,59)(H,58,60)/t33?,46-,47-,48-,49-/m0/s1. The van der Waals surface area contributed by atoms with Gasteiger partial charge in [-0.3, -0.25) is 19.8 Å². The van der Waals surface area contributed by atoms with Crippen LogP contribution in [0.3, 0.4) is 0 Å². The van der Waals surface area contributed by atoms with Crippen LogP contribution >= 0.6 is 0 Å². The highest BCUT2D eigenvalue weighted by molar-refractivity contribution is 5.87. The van der Waals surface area contributed by atoms with Gasteiger partial charge in [0.05, 0.1) is 53.4 Å². The number of methoxy groups -OCH3 is 1. The molecule has 6 aromatic rings. The predicted octanol–water partition coefficient (Wildman–Crippen LogP) is 10.1. The normalized spacial score (nSPS) is 17.5. The zero-order valence-corrected chi connectivity index (χ0v) is 40.9. The van der Waals surface area contributed by atoms with E-state index in [2.05, 4.69) is 131 Å². The third-order valence-electron chi connectivity index (χ3n) is 13.8. The number of nitrogens with zero attached hydrogens (tertiary/aromatic N) is 5. The number of alkyl carbamates (subject to hydrolysis) is 1. The molecule has 2 fully saturated rings. The van der Waals surface area contributed by atoms with Gasteiger partial charge in [0.15, 0.2) is 6.10 Å². The Morgan fingerprint density at radius 2 is 1.20 bits per heavy atom. The minimum absolute atomic E-state index is 0.00441. The summed E-state index contributed by atoms with van der Waals surface area (Å²) in [6.07, 6.45) is 1.37. The van der Waals surface area contributed by atoms with Gasteiger partial charge in [-0.15, -0.1) is 0 Å². The summed E-state index contributed by atoms with van der Waals surface area (Å²) < 4.78 is 12.4. The molecule has 0 saturated carbocycles. The Kier molecular flexibility index (Phi) is 14.1. The number of amides is 4. The number of primary amides is 1. The highest BCUT2D eigenvalue weighted by atomic mass is 16.6. The zero-order chi connectivity index (χ0) is 49.1. The number of likely N-dealkylation sites (tertiary alicyclic amines) is 2. The number of benzene rings is 3. The summed E-state index contributed by atoms with van der Waals surface area (Å²) in [6.45, 7) is 15.5. The maximum atomic E-state index is 13.7. The van der Waals surface area contributed by atoms with Crippen molar-refractivity contribution < 1.29 is 28.7 Å². The van der Waals surface area contributed by atoms with Crippen LogP contribution in [-0.2, 0) is 24.5 Å². The second kappa shape index (κ2) is 20.2. The number of carbonyl (C=O) groups excluding carboxylic acids is 4. The molecule has 4 amide bonds. The average Bonchev–Trinajstić information content (AvgIpc) is 4.21. The number of nitrogens with two attached hydrogens (primary N) is 1. The van der Waals surface area contributed by atoms with Crippen LogP contribution in [0.25, 0.3) is 50.7 Å². The highest BCUT2D eigenvalue weighted by Crippen LogP contribution is 2.38. The Bertz CT molecular complexity index is 2770. The van der Waals surface area contributed by atoms with Gasteiger partial charge in [-0.25, -0.2) is 9.59 Å². The highest BCUT2D eigenvalue weighted by Gasteiger charge is 2.39. The van der Waals surface area contributed by atoms with Crippen LogP contribution < -0.4 is 11.1 Å². The van der Waals surface area contributed by atoms with E-state index in [1.807, 2.05) is 44.7 Å². The largest absolute Gasteiger partial charge is 0.453 e. The van der Waals surface area contributed by atoms with Crippen LogP contribution in [-0.4, -0.2) is 91.1 Å². The van der Waals surface area contributed by atoms with Crippen LogP contribution in [0.2, 0.25) is 0 Å². The third-order valence-corrected chi connectivity index (χ3v) is 13.8. The lowest BCUT2D eigenvalue weighted by molar-refractivity contribution is -0.144. The maximum absolute atomic E-state index is 13.7. The van der Waals surface area contributed by atoms with Crippen LogP contribution in [0.15, 0.2) is 97.1 Å². The summed E-state index contributed by atoms with van der Waals surface area (Å²) in [4.78, 5) is 54.9. The second-order valence-electron chi connectivity index (χ2n) is 19.8. The molecular weight excluding hydrogens is 871 g/mol. The zero-order valence-electron chi connectivity index (χ0n) is 40.9. The summed E-state index contributed by atoms with van der Waals surface area (Å²) in [7, 11) is 1.30. The number of carbonyl (C=O) groups is 4. The van der Waals surface area contributed by atoms with E-state index in [0.29, 0.717) is 19.5 Å². The number of ether oxygens (including phenoxy) is 2.